The van der Waals surface area contributed by atoms with Crippen LogP contribution in [-0.4, -0.2) is 67.7 Å². The minimum atomic E-state index is -0.562. The molecule has 1 saturated heterocycles. The third-order valence-electron chi connectivity index (χ3n) is 3.16. The molecule has 98 valence electrons. The lowest BCUT2D eigenvalue weighted by Gasteiger charge is -2.37. The molecule has 0 unspecified atom stereocenters. The molecule has 1 aliphatic rings. The molecular formula is C11H21N3O3. The Kier molecular flexibility index (Phi) is 4.34. The predicted octanol–water partition coefficient (Wildman–Crippen LogP) is -0.105. The molecular weight excluding hydrogens is 222 g/mol. The van der Waals surface area contributed by atoms with E-state index in [1.165, 1.54) is 7.11 Å². The van der Waals surface area contributed by atoms with E-state index in [1.54, 1.807) is 16.8 Å². The number of likely N-dealkylation sites (N-methyl/N-ethyl adjacent to an activating group) is 1. The van der Waals surface area contributed by atoms with Gasteiger partial charge in [-0.05, 0) is 20.9 Å². The third kappa shape index (κ3) is 3.09. The lowest BCUT2D eigenvalue weighted by atomic mass is 10.0. The van der Waals surface area contributed by atoms with Crippen LogP contribution in [0.2, 0.25) is 0 Å². The summed E-state index contributed by atoms with van der Waals surface area (Å²) >= 11 is 0. The van der Waals surface area contributed by atoms with Crippen molar-refractivity contribution < 1.29 is 14.3 Å². The van der Waals surface area contributed by atoms with E-state index in [4.69, 9.17) is 0 Å². The van der Waals surface area contributed by atoms with Gasteiger partial charge in [0.25, 0.3) is 0 Å². The maximum Gasteiger partial charge on any atom is 0.409 e. The first-order valence-electron chi connectivity index (χ1n) is 5.73. The van der Waals surface area contributed by atoms with Gasteiger partial charge in [0.2, 0.25) is 5.91 Å². The summed E-state index contributed by atoms with van der Waals surface area (Å²) in [5, 5.41) is 2.99. The molecule has 1 rings (SSSR count). The quantitative estimate of drug-likeness (QED) is 0.735. The molecule has 0 atom stereocenters. The van der Waals surface area contributed by atoms with Gasteiger partial charge in [-0.15, -0.1) is 0 Å². The van der Waals surface area contributed by atoms with E-state index in [9.17, 15) is 9.59 Å². The third-order valence-corrected chi connectivity index (χ3v) is 3.16. The van der Waals surface area contributed by atoms with Crippen LogP contribution >= 0.6 is 0 Å². The van der Waals surface area contributed by atoms with Gasteiger partial charge in [0.15, 0.2) is 0 Å². The van der Waals surface area contributed by atoms with E-state index < -0.39 is 5.54 Å². The standard InChI is InChI=1S/C11H21N3O3/c1-11(2,12-3)9(15)13-5-7-14(8-6-13)10(16)17-4/h12H,5-8H2,1-4H3. The molecule has 0 aromatic heterocycles. The van der Waals surface area contributed by atoms with Crippen LogP contribution in [0.5, 0.6) is 0 Å². The largest absolute Gasteiger partial charge is 0.453 e. The second-order valence-corrected chi connectivity index (χ2v) is 4.62. The second kappa shape index (κ2) is 5.35. The molecule has 0 spiro atoms. The number of carbonyl (C=O) groups excluding carboxylic acids is 2. The Hall–Kier alpha value is -1.30. The van der Waals surface area contributed by atoms with Crippen molar-refractivity contribution in [3.05, 3.63) is 0 Å². The summed E-state index contributed by atoms with van der Waals surface area (Å²) in [6, 6.07) is 0. The first kappa shape index (κ1) is 13.8. The number of ether oxygens (including phenoxy) is 1. The Labute approximate surface area is 102 Å². The van der Waals surface area contributed by atoms with Crippen LogP contribution in [0.25, 0.3) is 0 Å². The van der Waals surface area contributed by atoms with E-state index in [1.807, 2.05) is 13.8 Å². The minimum Gasteiger partial charge on any atom is -0.453 e. The van der Waals surface area contributed by atoms with Crippen molar-refractivity contribution in [1.82, 2.24) is 15.1 Å². The number of rotatable bonds is 2. The molecule has 0 aromatic rings. The SMILES string of the molecule is CNC(C)(C)C(=O)N1CCN(C(=O)OC)CC1. The van der Waals surface area contributed by atoms with Crippen molar-refractivity contribution in [3.8, 4) is 0 Å². The minimum absolute atomic E-state index is 0.0597. The van der Waals surface area contributed by atoms with E-state index in [0.717, 1.165) is 0 Å². The normalized spacial score (nSPS) is 16.9. The summed E-state index contributed by atoms with van der Waals surface area (Å²) in [7, 11) is 3.13. The van der Waals surface area contributed by atoms with E-state index >= 15 is 0 Å². The van der Waals surface area contributed by atoms with Crippen molar-refractivity contribution in [3.63, 3.8) is 0 Å². The Morgan fingerprint density at radius 1 is 1.12 bits per heavy atom. The Morgan fingerprint density at radius 2 is 1.59 bits per heavy atom. The molecule has 0 saturated carbocycles. The highest BCUT2D eigenvalue weighted by molar-refractivity contribution is 5.85. The van der Waals surface area contributed by atoms with Crippen LogP contribution in [0.3, 0.4) is 0 Å². The molecule has 1 N–H and O–H groups in total. The van der Waals surface area contributed by atoms with Crippen LogP contribution in [0.15, 0.2) is 0 Å². The van der Waals surface area contributed by atoms with E-state index in [-0.39, 0.29) is 12.0 Å². The van der Waals surface area contributed by atoms with Gasteiger partial charge in [-0.2, -0.15) is 0 Å². The zero-order valence-corrected chi connectivity index (χ0v) is 10.9. The summed E-state index contributed by atoms with van der Waals surface area (Å²) in [5.74, 6) is 0.0597. The zero-order valence-electron chi connectivity index (χ0n) is 10.9. The monoisotopic (exact) mass is 243 g/mol. The lowest BCUT2D eigenvalue weighted by Crippen LogP contribution is -2.58. The predicted molar refractivity (Wildman–Crippen MR) is 63.7 cm³/mol. The molecule has 1 heterocycles. The Balaban J connectivity index is 2.52. The average molecular weight is 243 g/mol. The topological polar surface area (TPSA) is 61.9 Å². The number of nitrogens with zero attached hydrogens (tertiary/aromatic N) is 2. The summed E-state index contributed by atoms with van der Waals surface area (Å²) in [4.78, 5) is 26.8. The number of methoxy groups -OCH3 is 1. The molecule has 0 aliphatic carbocycles. The fourth-order valence-electron chi connectivity index (χ4n) is 1.72. The fourth-order valence-corrected chi connectivity index (χ4v) is 1.72. The lowest BCUT2D eigenvalue weighted by molar-refractivity contribution is -0.138. The van der Waals surface area contributed by atoms with Crippen LogP contribution in [0.1, 0.15) is 13.8 Å². The van der Waals surface area contributed by atoms with Crippen molar-refractivity contribution in [1.29, 1.82) is 0 Å². The molecule has 0 aromatic carbocycles. The van der Waals surface area contributed by atoms with Crippen molar-refractivity contribution in [2.45, 2.75) is 19.4 Å². The van der Waals surface area contributed by atoms with Crippen molar-refractivity contribution in [2.75, 3.05) is 40.3 Å². The highest BCUT2D eigenvalue weighted by atomic mass is 16.5. The van der Waals surface area contributed by atoms with Gasteiger partial charge in [0.1, 0.15) is 0 Å². The molecule has 6 heteroatoms. The number of hydrogen-bond acceptors (Lipinski definition) is 4. The van der Waals surface area contributed by atoms with Gasteiger partial charge in [0.05, 0.1) is 12.6 Å². The first-order valence-corrected chi connectivity index (χ1v) is 5.73. The Morgan fingerprint density at radius 3 is 2.00 bits per heavy atom. The smallest absolute Gasteiger partial charge is 0.409 e. The molecule has 1 aliphatic heterocycles. The molecule has 17 heavy (non-hydrogen) atoms. The van der Waals surface area contributed by atoms with Gasteiger partial charge in [-0.3, -0.25) is 4.79 Å². The molecule has 6 nitrogen and oxygen atoms in total. The van der Waals surface area contributed by atoms with Gasteiger partial charge in [-0.25, -0.2) is 4.79 Å². The number of piperazine rings is 1. The summed E-state index contributed by atoms with van der Waals surface area (Å²) in [6.45, 7) is 5.86. The summed E-state index contributed by atoms with van der Waals surface area (Å²) in [6.07, 6.45) is -0.329. The van der Waals surface area contributed by atoms with Crippen molar-refractivity contribution in [2.24, 2.45) is 0 Å². The summed E-state index contributed by atoms with van der Waals surface area (Å²) in [5.41, 5.74) is -0.562. The van der Waals surface area contributed by atoms with E-state index in [2.05, 4.69) is 10.1 Å². The molecule has 1 fully saturated rings. The molecule has 2 amide bonds. The van der Waals surface area contributed by atoms with Crippen LogP contribution in [0, 0.1) is 0 Å². The number of carbonyl (C=O) groups is 2. The second-order valence-electron chi connectivity index (χ2n) is 4.62. The highest BCUT2D eigenvalue weighted by Crippen LogP contribution is 2.11. The number of nitrogens with one attached hydrogen (secondary N) is 1. The molecule has 0 radical (unpaired) electrons. The van der Waals surface area contributed by atoms with E-state index in [0.29, 0.717) is 26.2 Å². The van der Waals surface area contributed by atoms with Gasteiger partial charge in [-0.1, -0.05) is 0 Å². The van der Waals surface area contributed by atoms with Crippen molar-refractivity contribution >= 4 is 12.0 Å². The van der Waals surface area contributed by atoms with Gasteiger partial charge < -0.3 is 19.9 Å². The van der Waals surface area contributed by atoms with Crippen LogP contribution < -0.4 is 5.32 Å². The van der Waals surface area contributed by atoms with Gasteiger partial charge >= 0.3 is 6.09 Å². The fraction of sp³-hybridized carbons (Fsp3) is 0.818. The first-order chi connectivity index (χ1) is 7.92. The Bertz CT molecular complexity index is 296. The zero-order chi connectivity index (χ0) is 13.1. The highest BCUT2D eigenvalue weighted by Gasteiger charge is 2.33. The maximum absolute atomic E-state index is 12.1. The average Bonchev–Trinajstić information content (AvgIpc) is 2.37. The number of amides is 2. The number of hydrogen-bond donors (Lipinski definition) is 1. The maximum atomic E-state index is 12.1. The van der Waals surface area contributed by atoms with Crippen LogP contribution in [0.4, 0.5) is 4.79 Å². The van der Waals surface area contributed by atoms with Crippen LogP contribution in [-0.2, 0) is 9.53 Å². The summed E-state index contributed by atoms with van der Waals surface area (Å²) < 4.78 is 4.65. The molecule has 0 bridgehead atoms. The van der Waals surface area contributed by atoms with Gasteiger partial charge in [0, 0.05) is 26.2 Å².